The van der Waals surface area contributed by atoms with Crippen LogP contribution in [0.1, 0.15) is 29.2 Å². The predicted molar refractivity (Wildman–Crippen MR) is 146 cm³/mol. The maximum Gasteiger partial charge on any atom is 0.266 e. The topological polar surface area (TPSA) is 80.6 Å². The predicted octanol–water partition coefficient (Wildman–Crippen LogP) is 6.44. The van der Waals surface area contributed by atoms with Gasteiger partial charge in [-0.15, -0.1) is 0 Å². The normalized spacial score (nSPS) is 10.9. The minimum absolute atomic E-state index is 0.0250. The van der Waals surface area contributed by atoms with Crippen LogP contribution in [-0.4, -0.2) is 19.6 Å². The van der Waals surface area contributed by atoms with Gasteiger partial charge in [-0.25, -0.2) is 0 Å². The summed E-state index contributed by atoms with van der Waals surface area (Å²) in [5.74, 6) is 1.37. The minimum atomic E-state index is -0.499. The molecule has 1 N–H and O–H groups in total. The molecule has 0 aliphatic carbocycles. The highest BCUT2D eigenvalue weighted by atomic mass is 127. The monoisotopic (exact) mass is 582 g/mol. The summed E-state index contributed by atoms with van der Waals surface area (Å²) in [6.07, 6.45) is 1.54. The molecule has 7 heteroatoms. The fraction of sp³-hybridized carbons (Fsp3) is 0.214. The number of anilines is 1. The molecule has 0 bridgehead atoms. The summed E-state index contributed by atoms with van der Waals surface area (Å²) in [6, 6.07) is 18.8. The molecule has 3 aromatic carbocycles. The number of benzene rings is 3. The van der Waals surface area contributed by atoms with Crippen LogP contribution in [-0.2, 0) is 11.4 Å². The summed E-state index contributed by atoms with van der Waals surface area (Å²) in [6.45, 7) is 6.87. The second kappa shape index (κ2) is 12.3. The first kappa shape index (κ1) is 26.1. The molecule has 6 nitrogen and oxygen atoms in total. The van der Waals surface area contributed by atoms with Crippen LogP contribution in [0, 0.1) is 28.7 Å². The molecule has 180 valence electrons. The number of amides is 1. The summed E-state index contributed by atoms with van der Waals surface area (Å²) in [5, 5.41) is 12.3. The summed E-state index contributed by atoms with van der Waals surface area (Å²) < 4.78 is 17.9. The summed E-state index contributed by atoms with van der Waals surface area (Å²) in [5.41, 5.74) is 4.64. The Labute approximate surface area is 219 Å². The van der Waals surface area contributed by atoms with Gasteiger partial charge >= 0.3 is 0 Å². The Bertz CT molecular complexity index is 1260. The van der Waals surface area contributed by atoms with Gasteiger partial charge in [-0.1, -0.05) is 29.3 Å². The molecule has 35 heavy (non-hydrogen) atoms. The average molecular weight is 582 g/mol. The molecule has 0 heterocycles. The first-order valence-corrected chi connectivity index (χ1v) is 12.1. The maximum atomic E-state index is 12.7. The van der Waals surface area contributed by atoms with E-state index in [1.165, 1.54) is 17.2 Å². The summed E-state index contributed by atoms with van der Waals surface area (Å²) in [4.78, 5) is 12.7. The van der Waals surface area contributed by atoms with Crippen molar-refractivity contribution in [1.29, 1.82) is 5.26 Å². The average Bonchev–Trinajstić information content (AvgIpc) is 2.82. The molecule has 3 rings (SSSR count). The van der Waals surface area contributed by atoms with Crippen LogP contribution in [0.5, 0.6) is 17.2 Å². The minimum Gasteiger partial charge on any atom is -0.497 e. The van der Waals surface area contributed by atoms with Crippen molar-refractivity contribution < 1.29 is 19.0 Å². The highest BCUT2D eigenvalue weighted by molar-refractivity contribution is 14.1. The molecule has 0 saturated heterocycles. The van der Waals surface area contributed by atoms with Crippen molar-refractivity contribution in [3.8, 4) is 23.3 Å². The van der Waals surface area contributed by atoms with Crippen LogP contribution in [0.2, 0.25) is 0 Å². The lowest BCUT2D eigenvalue weighted by atomic mass is 10.1. The van der Waals surface area contributed by atoms with Gasteiger partial charge in [-0.05, 0) is 97.0 Å². The Kier molecular flexibility index (Phi) is 9.15. The Balaban J connectivity index is 1.83. The van der Waals surface area contributed by atoms with Crippen molar-refractivity contribution in [1.82, 2.24) is 0 Å². The summed E-state index contributed by atoms with van der Waals surface area (Å²) in [7, 11) is 1.57. The smallest absolute Gasteiger partial charge is 0.266 e. The number of nitriles is 1. The fourth-order valence-corrected chi connectivity index (χ4v) is 4.35. The van der Waals surface area contributed by atoms with Gasteiger partial charge in [0.25, 0.3) is 5.91 Å². The van der Waals surface area contributed by atoms with Gasteiger partial charge in [0, 0.05) is 5.69 Å². The SMILES string of the molecule is CCOc1cc(/C=C(\C#N)C(=O)Nc2ccc(OC)cc2)cc(I)c1OCc1cc(C)cc(C)c1. The third-order valence-electron chi connectivity index (χ3n) is 5.02. The van der Waals surface area contributed by atoms with Gasteiger partial charge in [0.05, 0.1) is 17.3 Å². The second-order valence-electron chi connectivity index (χ2n) is 7.90. The van der Waals surface area contributed by atoms with Crippen molar-refractivity contribution in [2.75, 3.05) is 19.0 Å². The van der Waals surface area contributed by atoms with E-state index < -0.39 is 5.91 Å². The zero-order valence-corrected chi connectivity index (χ0v) is 22.3. The van der Waals surface area contributed by atoms with E-state index in [4.69, 9.17) is 14.2 Å². The molecule has 0 aliphatic heterocycles. The number of halogens is 1. The van der Waals surface area contributed by atoms with E-state index in [-0.39, 0.29) is 5.57 Å². The lowest BCUT2D eigenvalue weighted by molar-refractivity contribution is -0.112. The van der Waals surface area contributed by atoms with Gasteiger partial charge in [-0.3, -0.25) is 4.79 Å². The second-order valence-corrected chi connectivity index (χ2v) is 9.06. The molecular weight excluding hydrogens is 555 g/mol. The van der Waals surface area contributed by atoms with E-state index in [0.717, 1.165) is 9.13 Å². The largest absolute Gasteiger partial charge is 0.497 e. The van der Waals surface area contributed by atoms with Gasteiger partial charge in [0.2, 0.25) is 0 Å². The van der Waals surface area contributed by atoms with E-state index in [0.29, 0.717) is 41.7 Å². The lowest BCUT2D eigenvalue weighted by Crippen LogP contribution is -2.13. The Hall–Kier alpha value is -3.51. The van der Waals surface area contributed by atoms with E-state index >= 15 is 0 Å². The van der Waals surface area contributed by atoms with Crippen LogP contribution >= 0.6 is 22.6 Å². The standard InChI is InChI=1S/C28H27IN2O4/c1-5-34-26-15-20(13-22(16-30)28(32)31-23-6-8-24(33-4)9-7-23)14-25(29)27(26)35-17-21-11-18(2)10-19(3)12-21/h6-15H,5,17H2,1-4H3,(H,31,32)/b22-13+. The number of rotatable bonds is 9. The van der Waals surface area contributed by atoms with Crippen molar-refractivity contribution in [3.63, 3.8) is 0 Å². The number of carbonyl (C=O) groups is 1. The number of aryl methyl sites for hydroxylation is 2. The first-order chi connectivity index (χ1) is 16.8. The maximum absolute atomic E-state index is 12.7. The fourth-order valence-electron chi connectivity index (χ4n) is 3.57. The lowest BCUT2D eigenvalue weighted by Gasteiger charge is -2.15. The Morgan fingerprint density at radius 2 is 1.74 bits per heavy atom. The van der Waals surface area contributed by atoms with Crippen LogP contribution < -0.4 is 19.5 Å². The highest BCUT2D eigenvalue weighted by Gasteiger charge is 2.15. The number of nitrogens with one attached hydrogen (secondary N) is 1. The third-order valence-corrected chi connectivity index (χ3v) is 5.82. The zero-order valence-electron chi connectivity index (χ0n) is 20.1. The van der Waals surface area contributed by atoms with Crippen LogP contribution in [0.4, 0.5) is 5.69 Å². The van der Waals surface area contributed by atoms with Crippen molar-refractivity contribution in [2.45, 2.75) is 27.4 Å². The van der Waals surface area contributed by atoms with E-state index in [1.807, 2.05) is 19.1 Å². The number of methoxy groups -OCH3 is 1. The number of carbonyl (C=O) groups excluding carboxylic acids is 1. The highest BCUT2D eigenvalue weighted by Crippen LogP contribution is 2.35. The molecule has 3 aromatic rings. The van der Waals surface area contributed by atoms with Crippen LogP contribution in [0.25, 0.3) is 6.08 Å². The molecule has 0 radical (unpaired) electrons. The molecule has 0 spiro atoms. The summed E-state index contributed by atoms with van der Waals surface area (Å²) >= 11 is 2.18. The van der Waals surface area contributed by atoms with Gasteiger partial charge in [0.15, 0.2) is 11.5 Å². The number of hydrogen-bond donors (Lipinski definition) is 1. The van der Waals surface area contributed by atoms with Crippen molar-refractivity contribution >= 4 is 40.3 Å². The Morgan fingerprint density at radius 1 is 1.06 bits per heavy atom. The van der Waals surface area contributed by atoms with E-state index in [9.17, 15) is 10.1 Å². The van der Waals surface area contributed by atoms with E-state index in [1.54, 1.807) is 37.4 Å². The molecular formula is C28H27IN2O4. The molecule has 0 aliphatic rings. The quantitative estimate of drug-likeness (QED) is 0.179. The Morgan fingerprint density at radius 3 is 2.34 bits per heavy atom. The van der Waals surface area contributed by atoms with E-state index in [2.05, 4.69) is 60.0 Å². The zero-order chi connectivity index (χ0) is 25.4. The van der Waals surface area contributed by atoms with Crippen LogP contribution in [0.3, 0.4) is 0 Å². The molecule has 0 aromatic heterocycles. The molecule has 0 unspecified atom stereocenters. The van der Waals surface area contributed by atoms with Gasteiger partial charge in [-0.2, -0.15) is 5.26 Å². The first-order valence-electron chi connectivity index (χ1n) is 11.1. The molecule has 0 atom stereocenters. The van der Waals surface area contributed by atoms with Crippen molar-refractivity contribution in [2.24, 2.45) is 0 Å². The molecule has 1 amide bonds. The molecule has 0 saturated carbocycles. The van der Waals surface area contributed by atoms with Crippen molar-refractivity contribution in [3.05, 3.63) is 86.0 Å². The third kappa shape index (κ3) is 7.23. The van der Waals surface area contributed by atoms with Crippen LogP contribution in [0.15, 0.2) is 60.2 Å². The van der Waals surface area contributed by atoms with Gasteiger partial charge in [0.1, 0.15) is 24.0 Å². The number of nitrogens with zero attached hydrogens (tertiary/aromatic N) is 1. The number of hydrogen-bond acceptors (Lipinski definition) is 5. The molecule has 0 fully saturated rings. The van der Waals surface area contributed by atoms with Gasteiger partial charge < -0.3 is 19.5 Å². The number of ether oxygens (including phenoxy) is 3.